The third-order valence-corrected chi connectivity index (χ3v) is 3.58. The standard InChI is InChI=1S/C19H18FN3O2/c1-2-25-16-8-5-7-14(12-16)19(24)21-18-10-11-23(22-18)13-15-6-3-4-9-17(15)20/h3-12H,2,13H2,1H3,(H,21,22,24). The van der Waals surface area contributed by atoms with Crippen LogP contribution in [0.15, 0.2) is 60.8 Å². The molecule has 1 aromatic heterocycles. The zero-order valence-electron chi connectivity index (χ0n) is 13.8. The maximum Gasteiger partial charge on any atom is 0.256 e. The highest BCUT2D eigenvalue weighted by Crippen LogP contribution is 2.15. The first-order valence-electron chi connectivity index (χ1n) is 7.97. The fourth-order valence-corrected chi connectivity index (χ4v) is 2.40. The Hall–Kier alpha value is -3.15. The third kappa shape index (κ3) is 4.23. The van der Waals surface area contributed by atoms with E-state index >= 15 is 0 Å². The van der Waals surface area contributed by atoms with E-state index in [0.29, 0.717) is 35.8 Å². The van der Waals surface area contributed by atoms with Crippen molar-refractivity contribution in [3.8, 4) is 5.75 Å². The molecule has 0 fully saturated rings. The van der Waals surface area contributed by atoms with E-state index in [0.717, 1.165) is 0 Å². The molecular weight excluding hydrogens is 321 g/mol. The zero-order chi connectivity index (χ0) is 17.6. The van der Waals surface area contributed by atoms with E-state index in [4.69, 9.17) is 4.74 Å². The summed E-state index contributed by atoms with van der Waals surface area (Å²) in [5.74, 6) is 0.484. The lowest BCUT2D eigenvalue weighted by molar-refractivity contribution is 0.102. The van der Waals surface area contributed by atoms with Gasteiger partial charge in [0.15, 0.2) is 5.82 Å². The number of aromatic nitrogens is 2. The first-order valence-corrected chi connectivity index (χ1v) is 7.97. The molecule has 1 amide bonds. The molecule has 0 atom stereocenters. The highest BCUT2D eigenvalue weighted by molar-refractivity contribution is 6.03. The molecule has 3 rings (SSSR count). The minimum atomic E-state index is -0.281. The molecule has 0 saturated heterocycles. The second kappa shape index (κ2) is 7.61. The summed E-state index contributed by atoms with van der Waals surface area (Å²) in [6, 6.07) is 15.1. The minimum Gasteiger partial charge on any atom is -0.494 e. The van der Waals surface area contributed by atoms with Gasteiger partial charge in [0.1, 0.15) is 11.6 Å². The van der Waals surface area contributed by atoms with Crippen molar-refractivity contribution in [1.29, 1.82) is 0 Å². The second-order valence-electron chi connectivity index (χ2n) is 5.40. The van der Waals surface area contributed by atoms with Gasteiger partial charge in [-0.15, -0.1) is 0 Å². The van der Waals surface area contributed by atoms with Gasteiger partial charge in [0.05, 0.1) is 13.2 Å². The molecule has 0 unspecified atom stereocenters. The van der Waals surface area contributed by atoms with E-state index < -0.39 is 0 Å². The number of hydrogen-bond acceptors (Lipinski definition) is 3. The SMILES string of the molecule is CCOc1cccc(C(=O)Nc2ccn(Cc3ccccc3F)n2)c1. The van der Waals surface area contributed by atoms with E-state index in [2.05, 4.69) is 10.4 Å². The van der Waals surface area contributed by atoms with Crippen LogP contribution in [0.1, 0.15) is 22.8 Å². The quantitative estimate of drug-likeness (QED) is 0.745. The van der Waals surface area contributed by atoms with Gasteiger partial charge in [-0.1, -0.05) is 24.3 Å². The number of ether oxygens (including phenoxy) is 1. The van der Waals surface area contributed by atoms with Crippen molar-refractivity contribution >= 4 is 11.7 Å². The molecular formula is C19H18FN3O2. The molecule has 0 aliphatic heterocycles. The van der Waals surface area contributed by atoms with Crippen LogP contribution in [0.5, 0.6) is 5.75 Å². The van der Waals surface area contributed by atoms with Crippen LogP contribution < -0.4 is 10.1 Å². The summed E-state index contributed by atoms with van der Waals surface area (Å²) >= 11 is 0. The van der Waals surface area contributed by atoms with Crippen molar-refractivity contribution in [2.45, 2.75) is 13.5 Å². The number of nitrogens with one attached hydrogen (secondary N) is 1. The van der Waals surface area contributed by atoms with Crippen LogP contribution in [0.4, 0.5) is 10.2 Å². The van der Waals surface area contributed by atoms with Crippen molar-refractivity contribution in [1.82, 2.24) is 9.78 Å². The van der Waals surface area contributed by atoms with Crippen LogP contribution in [-0.2, 0) is 6.54 Å². The smallest absolute Gasteiger partial charge is 0.256 e. The maximum absolute atomic E-state index is 13.7. The number of nitrogens with zero attached hydrogens (tertiary/aromatic N) is 2. The molecule has 0 saturated carbocycles. The van der Waals surface area contributed by atoms with Crippen LogP contribution in [0.2, 0.25) is 0 Å². The Balaban J connectivity index is 1.68. The lowest BCUT2D eigenvalue weighted by atomic mass is 10.2. The van der Waals surface area contributed by atoms with Gasteiger partial charge in [-0.05, 0) is 31.2 Å². The summed E-state index contributed by atoms with van der Waals surface area (Å²) in [4.78, 5) is 12.3. The predicted molar refractivity (Wildman–Crippen MR) is 93.3 cm³/mol. The molecule has 1 N–H and O–H groups in total. The van der Waals surface area contributed by atoms with Crippen molar-refractivity contribution in [2.75, 3.05) is 11.9 Å². The molecule has 0 aliphatic carbocycles. The molecule has 3 aromatic rings. The Bertz CT molecular complexity index is 876. The Morgan fingerprint density at radius 2 is 2.04 bits per heavy atom. The number of hydrogen-bond donors (Lipinski definition) is 1. The Kier molecular flexibility index (Phi) is 5.09. The Labute approximate surface area is 145 Å². The predicted octanol–water partition coefficient (Wildman–Crippen LogP) is 3.72. The fraction of sp³-hybridized carbons (Fsp3) is 0.158. The molecule has 0 bridgehead atoms. The summed E-state index contributed by atoms with van der Waals surface area (Å²) in [7, 11) is 0. The number of carbonyl (C=O) groups excluding carboxylic acids is 1. The van der Waals surface area contributed by atoms with E-state index in [1.807, 2.05) is 6.92 Å². The zero-order valence-corrected chi connectivity index (χ0v) is 13.8. The lowest BCUT2D eigenvalue weighted by Gasteiger charge is -2.06. The van der Waals surface area contributed by atoms with E-state index in [9.17, 15) is 9.18 Å². The number of benzene rings is 2. The van der Waals surface area contributed by atoms with Crippen LogP contribution in [0.3, 0.4) is 0 Å². The first kappa shape index (κ1) is 16.7. The van der Waals surface area contributed by atoms with Gasteiger partial charge < -0.3 is 10.1 Å². The summed E-state index contributed by atoms with van der Waals surface area (Å²) in [6.45, 7) is 2.71. The number of rotatable bonds is 6. The van der Waals surface area contributed by atoms with Gasteiger partial charge in [-0.25, -0.2) is 4.39 Å². The Morgan fingerprint density at radius 3 is 2.84 bits per heavy atom. The van der Waals surface area contributed by atoms with E-state index in [1.54, 1.807) is 59.4 Å². The van der Waals surface area contributed by atoms with Crippen LogP contribution in [0.25, 0.3) is 0 Å². The Morgan fingerprint density at radius 1 is 1.20 bits per heavy atom. The normalized spacial score (nSPS) is 10.5. The monoisotopic (exact) mass is 339 g/mol. The summed E-state index contributed by atoms with van der Waals surface area (Å²) in [5, 5.41) is 6.99. The van der Waals surface area contributed by atoms with Gasteiger partial charge in [0, 0.05) is 23.4 Å². The average Bonchev–Trinajstić information content (AvgIpc) is 3.04. The molecule has 128 valence electrons. The minimum absolute atomic E-state index is 0.280. The van der Waals surface area contributed by atoms with Gasteiger partial charge >= 0.3 is 0 Å². The number of carbonyl (C=O) groups is 1. The third-order valence-electron chi connectivity index (χ3n) is 3.58. The highest BCUT2D eigenvalue weighted by atomic mass is 19.1. The first-order chi connectivity index (χ1) is 12.2. The number of halogens is 1. The average molecular weight is 339 g/mol. The molecule has 0 spiro atoms. The molecule has 0 aliphatic rings. The molecule has 6 heteroatoms. The van der Waals surface area contributed by atoms with Crippen LogP contribution >= 0.6 is 0 Å². The summed E-state index contributed by atoms with van der Waals surface area (Å²) in [5.41, 5.74) is 1.02. The molecule has 1 heterocycles. The van der Waals surface area contributed by atoms with Gasteiger partial charge in [0.2, 0.25) is 0 Å². The van der Waals surface area contributed by atoms with Gasteiger partial charge in [0.25, 0.3) is 5.91 Å². The largest absolute Gasteiger partial charge is 0.494 e. The van der Waals surface area contributed by atoms with E-state index in [1.165, 1.54) is 6.07 Å². The van der Waals surface area contributed by atoms with Crippen molar-refractivity contribution in [3.63, 3.8) is 0 Å². The number of anilines is 1. The van der Waals surface area contributed by atoms with Crippen LogP contribution in [-0.4, -0.2) is 22.3 Å². The molecule has 2 aromatic carbocycles. The summed E-state index contributed by atoms with van der Waals surface area (Å²) in [6.07, 6.45) is 1.69. The van der Waals surface area contributed by atoms with Crippen molar-refractivity contribution < 1.29 is 13.9 Å². The topological polar surface area (TPSA) is 56.1 Å². The van der Waals surface area contributed by atoms with Crippen molar-refractivity contribution in [3.05, 3.63) is 77.7 Å². The molecule has 5 nitrogen and oxygen atoms in total. The van der Waals surface area contributed by atoms with Gasteiger partial charge in [-0.3, -0.25) is 9.48 Å². The fourth-order valence-electron chi connectivity index (χ4n) is 2.40. The second-order valence-corrected chi connectivity index (χ2v) is 5.40. The maximum atomic E-state index is 13.7. The summed E-state index contributed by atoms with van der Waals surface area (Å²) < 4.78 is 20.7. The lowest BCUT2D eigenvalue weighted by Crippen LogP contribution is -2.13. The molecule has 0 radical (unpaired) electrons. The highest BCUT2D eigenvalue weighted by Gasteiger charge is 2.10. The van der Waals surface area contributed by atoms with Gasteiger partial charge in [-0.2, -0.15) is 5.10 Å². The number of amides is 1. The van der Waals surface area contributed by atoms with Crippen LogP contribution in [0, 0.1) is 5.82 Å². The van der Waals surface area contributed by atoms with Crippen molar-refractivity contribution in [2.24, 2.45) is 0 Å². The molecule has 25 heavy (non-hydrogen) atoms. The van der Waals surface area contributed by atoms with E-state index in [-0.39, 0.29) is 11.7 Å².